The predicted molar refractivity (Wildman–Crippen MR) is 94.0 cm³/mol. The van der Waals surface area contributed by atoms with Gasteiger partial charge in [0.25, 0.3) is 0 Å². The van der Waals surface area contributed by atoms with Gasteiger partial charge in [0.15, 0.2) is 6.73 Å². The Balaban J connectivity index is 1.51. The minimum atomic E-state index is -0.501. The first-order valence-corrected chi connectivity index (χ1v) is 8.09. The Hall–Kier alpha value is -3.27. The monoisotopic (exact) mass is 358 g/mol. The number of hydrogen-bond donors (Lipinski definition) is 1. The SMILES string of the molecule is Cc1csc(NN=Cc2ccc(OCn3cc([N+](=O)[O-])cn3)cc2)n1. The molecule has 2 aromatic heterocycles. The Morgan fingerprint density at radius 3 is 2.88 bits per heavy atom. The fourth-order valence-electron chi connectivity index (χ4n) is 1.88. The number of nitro groups is 1. The van der Waals surface area contributed by atoms with Crippen LogP contribution in [-0.4, -0.2) is 25.9 Å². The summed E-state index contributed by atoms with van der Waals surface area (Å²) in [7, 11) is 0. The molecule has 0 amide bonds. The van der Waals surface area contributed by atoms with Crippen molar-refractivity contribution in [3.05, 3.63) is 63.4 Å². The Morgan fingerprint density at radius 1 is 1.44 bits per heavy atom. The van der Waals surface area contributed by atoms with Crippen LogP contribution < -0.4 is 10.2 Å². The standard InChI is InChI=1S/C15H14N6O3S/c1-11-9-25-15(18-11)19-16-6-12-2-4-14(5-3-12)24-10-20-8-13(7-17-20)21(22)23/h2-9H,10H2,1H3,(H,18,19). The van der Waals surface area contributed by atoms with Crippen LogP contribution in [0.4, 0.5) is 10.8 Å². The topological polar surface area (TPSA) is 107 Å². The number of hydrogen-bond acceptors (Lipinski definition) is 8. The Labute approximate surface area is 146 Å². The molecule has 128 valence electrons. The van der Waals surface area contributed by atoms with Crippen LogP contribution in [0.25, 0.3) is 0 Å². The van der Waals surface area contributed by atoms with E-state index < -0.39 is 4.92 Å². The highest BCUT2D eigenvalue weighted by molar-refractivity contribution is 7.13. The summed E-state index contributed by atoms with van der Waals surface area (Å²) < 4.78 is 6.88. The number of nitrogens with zero attached hydrogens (tertiary/aromatic N) is 5. The zero-order valence-electron chi connectivity index (χ0n) is 13.2. The lowest BCUT2D eigenvalue weighted by molar-refractivity contribution is -0.385. The number of anilines is 1. The van der Waals surface area contributed by atoms with Crippen molar-refractivity contribution in [3.8, 4) is 5.75 Å². The van der Waals surface area contributed by atoms with E-state index >= 15 is 0 Å². The van der Waals surface area contributed by atoms with Gasteiger partial charge < -0.3 is 4.74 Å². The first-order chi connectivity index (χ1) is 12.1. The van der Waals surface area contributed by atoms with Crippen molar-refractivity contribution >= 4 is 28.4 Å². The summed E-state index contributed by atoms with van der Waals surface area (Å²) in [5.74, 6) is 0.624. The largest absolute Gasteiger partial charge is 0.471 e. The maximum Gasteiger partial charge on any atom is 0.307 e. The first-order valence-electron chi connectivity index (χ1n) is 7.21. The van der Waals surface area contributed by atoms with E-state index in [0.717, 1.165) is 16.4 Å². The molecule has 0 aliphatic carbocycles. The van der Waals surface area contributed by atoms with E-state index in [2.05, 4.69) is 20.6 Å². The van der Waals surface area contributed by atoms with Crippen LogP contribution in [0.1, 0.15) is 11.3 Å². The molecule has 0 atom stereocenters. The molecule has 1 N–H and O–H groups in total. The number of hydrazone groups is 1. The zero-order valence-corrected chi connectivity index (χ0v) is 14.0. The van der Waals surface area contributed by atoms with Gasteiger partial charge >= 0.3 is 5.69 Å². The average Bonchev–Trinajstić information content (AvgIpc) is 3.23. The molecule has 0 aliphatic heterocycles. The van der Waals surface area contributed by atoms with Crippen molar-refractivity contribution in [2.45, 2.75) is 13.7 Å². The number of aryl methyl sites for hydroxylation is 1. The molecule has 10 heteroatoms. The molecule has 9 nitrogen and oxygen atoms in total. The number of benzene rings is 1. The average molecular weight is 358 g/mol. The van der Waals surface area contributed by atoms with Gasteiger partial charge in [-0.15, -0.1) is 11.3 Å². The van der Waals surface area contributed by atoms with Crippen LogP contribution >= 0.6 is 11.3 Å². The number of nitrogens with one attached hydrogen (secondary N) is 1. The normalized spacial score (nSPS) is 10.9. The fourth-order valence-corrected chi connectivity index (χ4v) is 2.51. The minimum absolute atomic E-state index is 0.0712. The van der Waals surface area contributed by atoms with Crippen LogP contribution in [0, 0.1) is 17.0 Å². The smallest absolute Gasteiger partial charge is 0.307 e. The van der Waals surface area contributed by atoms with Gasteiger partial charge in [-0.25, -0.2) is 9.67 Å². The van der Waals surface area contributed by atoms with Crippen LogP contribution in [-0.2, 0) is 6.73 Å². The second-order valence-electron chi connectivity index (χ2n) is 5.00. The summed E-state index contributed by atoms with van der Waals surface area (Å²) in [6.45, 7) is 2.01. The molecule has 0 saturated heterocycles. The lowest BCUT2D eigenvalue weighted by Gasteiger charge is -2.05. The van der Waals surface area contributed by atoms with E-state index in [4.69, 9.17) is 4.74 Å². The molecule has 0 fully saturated rings. The maximum absolute atomic E-state index is 10.6. The minimum Gasteiger partial charge on any atom is -0.471 e. The van der Waals surface area contributed by atoms with Crippen LogP contribution in [0.15, 0.2) is 47.1 Å². The molecule has 0 saturated carbocycles. The van der Waals surface area contributed by atoms with Gasteiger partial charge in [-0.05, 0) is 36.8 Å². The summed E-state index contributed by atoms with van der Waals surface area (Å²) in [4.78, 5) is 14.3. The molecule has 3 aromatic rings. The highest BCUT2D eigenvalue weighted by atomic mass is 32.1. The third-order valence-electron chi connectivity index (χ3n) is 3.07. The van der Waals surface area contributed by atoms with Gasteiger partial charge in [0.05, 0.1) is 16.8 Å². The summed E-state index contributed by atoms with van der Waals surface area (Å²) in [5, 5.41) is 21.3. The molecule has 25 heavy (non-hydrogen) atoms. The number of ether oxygens (including phenoxy) is 1. The van der Waals surface area contributed by atoms with E-state index in [-0.39, 0.29) is 12.4 Å². The molecule has 0 unspecified atom stereocenters. The molecule has 3 rings (SSSR count). The van der Waals surface area contributed by atoms with Crippen molar-refractivity contribution in [2.24, 2.45) is 5.10 Å². The Kier molecular flexibility index (Phi) is 5.00. The molecular weight excluding hydrogens is 344 g/mol. The van der Waals surface area contributed by atoms with Gasteiger partial charge in [0, 0.05) is 5.38 Å². The number of rotatable bonds is 7. The second kappa shape index (κ2) is 7.53. The van der Waals surface area contributed by atoms with Crippen LogP contribution in [0.5, 0.6) is 5.75 Å². The van der Waals surface area contributed by atoms with Crippen molar-refractivity contribution < 1.29 is 9.66 Å². The maximum atomic E-state index is 10.6. The van der Waals surface area contributed by atoms with Gasteiger partial charge in [0.2, 0.25) is 5.13 Å². The number of aromatic nitrogens is 3. The third-order valence-corrected chi connectivity index (χ3v) is 3.93. The second-order valence-corrected chi connectivity index (χ2v) is 5.86. The lowest BCUT2D eigenvalue weighted by Crippen LogP contribution is -2.05. The van der Waals surface area contributed by atoms with E-state index in [9.17, 15) is 10.1 Å². The highest BCUT2D eigenvalue weighted by Gasteiger charge is 2.08. The van der Waals surface area contributed by atoms with Crippen molar-refractivity contribution in [2.75, 3.05) is 5.43 Å². The molecule has 0 radical (unpaired) electrons. The van der Waals surface area contributed by atoms with E-state index in [1.165, 1.54) is 28.4 Å². The quantitative estimate of drug-likeness (QED) is 0.395. The number of thiazole rings is 1. The summed E-state index contributed by atoms with van der Waals surface area (Å²) in [5.41, 5.74) is 4.64. The molecule has 0 bridgehead atoms. The lowest BCUT2D eigenvalue weighted by atomic mass is 10.2. The van der Waals surface area contributed by atoms with Crippen LogP contribution in [0.3, 0.4) is 0 Å². The van der Waals surface area contributed by atoms with Gasteiger partial charge in [0.1, 0.15) is 18.1 Å². The molecular formula is C15H14N6O3S. The molecule has 0 spiro atoms. The highest BCUT2D eigenvalue weighted by Crippen LogP contribution is 2.15. The first kappa shape index (κ1) is 16.6. The Morgan fingerprint density at radius 2 is 2.24 bits per heavy atom. The summed E-state index contributed by atoms with van der Waals surface area (Å²) >= 11 is 1.49. The van der Waals surface area contributed by atoms with Gasteiger partial charge in [-0.3, -0.25) is 15.5 Å². The molecule has 2 heterocycles. The Bertz CT molecular complexity index is 887. The summed E-state index contributed by atoms with van der Waals surface area (Å²) in [6.07, 6.45) is 4.17. The van der Waals surface area contributed by atoms with Crippen molar-refractivity contribution in [3.63, 3.8) is 0 Å². The molecule has 1 aromatic carbocycles. The van der Waals surface area contributed by atoms with Crippen molar-refractivity contribution in [1.82, 2.24) is 14.8 Å². The molecule has 0 aliphatic rings. The van der Waals surface area contributed by atoms with E-state index in [0.29, 0.717) is 5.75 Å². The van der Waals surface area contributed by atoms with Gasteiger partial charge in [-0.1, -0.05) is 0 Å². The summed E-state index contributed by atoms with van der Waals surface area (Å²) in [6, 6.07) is 7.26. The van der Waals surface area contributed by atoms with Gasteiger partial charge in [-0.2, -0.15) is 10.2 Å². The zero-order chi connectivity index (χ0) is 17.6. The fraction of sp³-hybridized carbons (Fsp3) is 0.133. The van der Waals surface area contributed by atoms with E-state index in [1.54, 1.807) is 18.3 Å². The van der Waals surface area contributed by atoms with Crippen LogP contribution in [0.2, 0.25) is 0 Å². The predicted octanol–water partition coefficient (Wildman–Crippen LogP) is 3.04. The third kappa shape index (κ3) is 4.61. The van der Waals surface area contributed by atoms with E-state index in [1.807, 2.05) is 24.4 Å². The van der Waals surface area contributed by atoms with Crippen molar-refractivity contribution in [1.29, 1.82) is 0 Å².